The number of likely N-dealkylation sites (N-methyl/N-ethyl adjacent to an activating group) is 1. The van der Waals surface area contributed by atoms with E-state index in [0.29, 0.717) is 17.8 Å². The Kier molecular flexibility index (Phi) is 5.93. The average molecular weight is 386 g/mol. The third kappa shape index (κ3) is 4.98. The molecule has 0 atom stereocenters. The number of amides is 1. The maximum Gasteiger partial charge on any atom is 0.256 e. The number of rotatable bonds is 6. The highest BCUT2D eigenvalue weighted by atomic mass is 35.5. The number of nitrogens with one attached hydrogen (secondary N) is 1. The second-order valence-electron chi connectivity index (χ2n) is 5.88. The molecule has 0 saturated heterocycles. The number of benzene rings is 1. The Morgan fingerprint density at radius 3 is 2.56 bits per heavy atom. The molecule has 0 saturated carbocycles. The van der Waals surface area contributed by atoms with Crippen LogP contribution in [0.1, 0.15) is 15.9 Å². The Hall–Kier alpha value is -3.06. The molecule has 0 radical (unpaired) electrons. The average Bonchev–Trinajstić information content (AvgIpc) is 2.70. The van der Waals surface area contributed by atoms with E-state index in [-0.39, 0.29) is 16.9 Å². The van der Waals surface area contributed by atoms with E-state index in [1.165, 1.54) is 30.6 Å². The lowest BCUT2D eigenvalue weighted by molar-refractivity contribution is 0.0796. The number of carbonyl (C=O) groups is 1. The zero-order valence-electron chi connectivity index (χ0n) is 14.6. The Balaban J connectivity index is 1.60. The number of anilines is 2. The van der Waals surface area contributed by atoms with Gasteiger partial charge in [-0.2, -0.15) is 0 Å². The van der Waals surface area contributed by atoms with Gasteiger partial charge in [0.05, 0.1) is 10.6 Å². The van der Waals surface area contributed by atoms with E-state index >= 15 is 0 Å². The molecule has 0 aliphatic heterocycles. The molecule has 0 spiro atoms. The first kappa shape index (κ1) is 18.7. The van der Waals surface area contributed by atoms with Gasteiger partial charge in [-0.3, -0.25) is 9.78 Å². The molecule has 0 fully saturated rings. The zero-order chi connectivity index (χ0) is 19.2. The lowest BCUT2D eigenvalue weighted by Gasteiger charge is -2.17. The van der Waals surface area contributed by atoms with Gasteiger partial charge in [0.15, 0.2) is 0 Å². The topological polar surface area (TPSA) is 71.0 Å². The second kappa shape index (κ2) is 8.55. The minimum absolute atomic E-state index is 0.00243. The van der Waals surface area contributed by atoms with Crippen molar-refractivity contribution in [2.75, 3.05) is 18.9 Å². The summed E-state index contributed by atoms with van der Waals surface area (Å²) in [6, 6.07) is 8.05. The molecule has 6 nitrogen and oxygen atoms in total. The summed E-state index contributed by atoms with van der Waals surface area (Å²) < 4.78 is 13.2. The molecule has 27 heavy (non-hydrogen) atoms. The van der Waals surface area contributed by atoms with E-state index < -0.39 is 5.82 Å². The van der Waals surface area contributed by atoms with E-state index in [0.717, 1.165) is 12.0 Å². The van der Waals surface area contributed by atoms with Crippen LogP contribution in [0.3, 0.4) is 0 Å². The van der Waals surface area contributed by atoms with Crippen molar-refractivity contribution in [3.8, 4) is 0 Å². The van der Waals surface area contributed by atoms with E-state index in [1.807, 2.05) is 12.1 Å². The maximum atomic E-state index is 13.2. The fourth-order valence-electron chi connectivity index (χ4n) is 2.37. The Labute approximate surface area is 161 Å². The van der Waals surface area contributed by atoms with E-state index in [1.54, 1.807) is 24.3 Å². The van der Waals surface area contributed by atoms with Crippen LogP contribution in [0.5, 0.6) is 0 Å². The van der Waals surface area contributed by atoms with Crippen molar-refractivity contribution in [2.24, 2.45) is 0 Å². The van der Waals surface area contributed by atoms with Crippen molar-refractivity contribution in [1.29, 1.82) is 0 Å². The van der Waals surface area contributed by atoms with Gasteiger partial charge < -0.3 is 10.2 Å². The van der Waals surface area contributed by atoms with Gasteiger partial charge in [-0.15, -0.1) is 0 Å². The second-order valence-corrected chi connectivity index (χ2v) is 6.29. The fraction of sp³-hybridized carbons (Fsp3) is 0.158. The first-order valence-corrected chi connectivity index (χ1v) is 8.59. The van der Waals surface area contributed by atoms with Gasteiger partial charge in [0, 0.05) is 44.1 Å². The van der Waals surface area contributed by atoms with Crippen LogP contribution < -0.4 is 5.32 Å². The Morgan fingerprint density at radius 1 is 1.19 bits per heavy atom. The number of hydrogen-bond donors (Lipinski definition) is 1. The first-order chi connectivity index (χ1) is 13.0. The highest BCUT2D eigenvalue weighted by Crippen LogP contribution is 2.21. The van der Waals surface area contributed by atoms with Gasteiger partial charge in [0.1, 0.15) is 5.82 Å². The Morgan fingerprint density at radius 2 is 1.89 bits per heavy atom. The quantitative estimate of drug-likeness (QED) is 0.700. The third-order valence-electron chi connectivity index (χ3n) is 3.91. The summed E-state index contributed by atoms with van der Waals surface area (Å²) in [6.45, 7) is 0.566. The SMILES string of the molecule is CN(CCc1ccncc1)C(=O)c1cnc(Nc2ccc(F)c(Cl)c2)nc1. The highest BCUT2D eigenvalue weighted by molar-refractivity contribution is 6.31. The van der Waals surface area contributed by atoms with Crippen molar-refractivity contribution in [3.63, 3.8) is 0 Å². The molecule has 0 aliphatic carbocycles. The summed E-state index contributed by atoms with van der Waals surface area (Å²) in [7, 11) is 1.73. The van der Waals surface area contributed by atoms with Gasteiger partial charge in [0.2, 0.25) is 5.95 Å². The van der Waals surface area contributed by atoms with Crippen molar-refractivity contribution in [2.45, 2.75) is 6.42 Å². The van der Waals surface area contributed by atoms with Crippen LogP contribution >= 0.6 is 11.6 Å². The summed E-state index contributed by atoms with van der Waals surface area (Å²) in [5.41, 5.74) is 2.04. The molecule has 1 amide bonds. The number of aromatic nitrogens is 3. The van der Waals surface area contributed by atoms with Gasteiger partial charge in [-0.05, 0) is 42.3 Å². The molecule has 3 rings (SSSR count). The van der Waals surface area contributed by atoms with Crippen LogP contribution in [0, 0.1) is 5.82 Å². The first-order valence-electron chi connectivity index (χ1n) is 8.21. The molecular weight excluding hydrogens is 369 g/mol. The molecule has 8 heteroatoms. The van der Waals surface area contributed by atoms with E-state index in [2.05, 4.69) is 20.3 Å². The predicted molar refractivity (Wildman–Crippen MR) is 102 cm³/mol. The van der Waals surface area contributed by atoms with Crippen LogP contribution in [0.4, 0.5) is 16.0 Å². The fourth-order valence-corrected chi connectivity index (χ4v) is 2.55. The van der Waals surface area contributed by atoms with E-state index in [9.17, 15) is 9.18 Å². The normalized spacial score (nSPS) is 10.5. The molecule has 0 aliphatic rings. The summed E-state index contributed by atoms with van der Waals surface area (Å²) in [5.74, 6) is -0.382. The zero-order valence-corrected chi connectivity index (χ0v) is 15.3. The molecule has 1 N–H and O–H groups in total. The standard InChI is InChI=1S/C19H17ClFN5O/c1-26(9-6-13-4-7-22-8-5-13)18(27)14-11-23-19(24-12-14)25-15-2-3-17(21)16(20)10-15/h2-5,7-8,10-12H,6,9H2,1H3,(H,23,24,25). The highest BCUT2D eigenvalue weighted by Gasteiger charge is 2.13. The number of carbonyl (C=O) groups excluding carboxylic acids is 1. The summed E-state index contributed by atoms with van der Waals surface area (Å²) in [5, 5.41) is 2.91. The smallest absolute Gasteiger partial charge is 0.256 e. The molecule has 0 bridgehead atoms. The molecule has 2 heterocycles. The molecule has 3 aromatic rings. The maximum absolute atomic E-state index is 13.2. The van der Waals surface area contributed by atoms with Crippen LogP contribution in [0.15, 0.2) is 55.1 Å². The van der Waals surface area contributed by atoms with Gasteiger partial charge in [-0.25, -0.2) is 14.4 Å². The van der Waals surface area contributed by atoms with Crippen LogP contribution in [0.2, 0.25) is 5.02 Å². The number of hydrogen-bond acceptors (Lipinski definition) is 5. The number of pyridine rings is 1. The third-order valence-corrected chi connectivity index (χ3v) is 4.20. The minimum Gasteiger partial charge on any atom is -0.341 e. The largest absolute Gasteiger partial charge is 0.341 e. The van der Waals surface area contributed by atoms with Gasteiger partial charge >= 0.3 is 0 Å². The van der Waals surface area contributed by atoms with Gasteiger partial charge in [-0.1, -0.05) is 11.6 Å². The monoisotopic (exact) mass is 385 g/mol. The number of nitrogens with zero attached hydrogens (tertiary/aromatic N) is 4. The molecular formula is C19H17ClFN5O. The Bertz CT molecular complexity index is 921. The molecule has 2 aromatic heterocycles. The minimum atomic E-state index is -0.501. The van der Waals surface area contributed by atoms with Gasteiger partial charge in [0.25, 0.3) is 5.91 Å². The lowest BCUT2D eigenvalue weighted by Crippen LogP contribution is -2.29. The lowest BCUT2D eigenvalue weighted by atomic mass is 10.2. The van der Waals surface area contributed by atoms with Crippen molar-refractivity contribution in [3.05, 3.63) is 77.1 Å². The predicted octanol–water partition coefficient (Wildman–Crippen LogP) is 3.72. The van der Waals surface area contributed by atoms with Crippen molar-refractivity contribution < 1.29 is 9.18 Å². The van der Waals surface area contributed by atoms with Crippen LogP contribution in [-0.2, 0) is 6.42 Å². The van der Waals surface area contributed by atoms with E-state index in [4.69, 9.17) is 11.6 Å². The summed E-state index contributed by atoms with van der Waals surface area (Å²) in [4.78, 5) is 26.3. The molecule has 1 aromatic carbocycles. The summed E-state index contributed by atoms with van der Waals surface area (Å²) in [6.07, 6.45) is 7.09. The van der Waals surface area contributed by atoms with Crippen LogP contribution in [-0.4, -0.2) is 39.4 Å². The van der Waals surface area contributed by atoms with Crippen molar-refractivity contribution in [1.82, 2.24) is 19.9 Å². The van der Waals surface area contributed by atoms with Crippen LogP contribution in [0.25, 0.3) is 0 Å². The molecule has 0 unspecified atom stereocenters. The summed E-state index contributed by atoms with van der Waals surface area (Å²) >= 11 is 5.75. The molecule has 138 valence electrons. The van der Waals surface area contributed by atoms with Crippen molar-refractivity contribution >= 4 is 29.1 Å². The number of halogens is 2.